The Bertz CT molecular complexity index is 570. The van der Waals surface area contributed by atoms with Crippen LogP contribution in [0.2, 0.25) is 0 Å². The number of aryl methyl sites for hydroxylation is 2. The fraction of sp³-hybridized carbons (Fsp3) is 0.286. The molecule has 1 aromatic carbocycles. The lowest BCUT2D eigenvalue weighted by molar-refractivity contribution is 0.495. The van der Waals surface area contributed by atoms with Gasteiger partial charge in [0.1, 0.15) is 0 Å². The van der Waals surface area contributed by atoms with Crippen molar-refractivity contribution < 1.29 is 8.78 Å². The Morgan fingerprint density at radius 2 is 2.06 bits per heavy atom. The van der Waals surface area contributed by atoms with Gasteiger partial charge in [-0.05, 0) is 37.0 Å². The number of nitrogens with two attached hydrogens (primary N) is 1. The van der Waals surface area contributed by atoms with Gasteiger partial charge in [-0.3, -0.25) is 0 Å². The Kier molecular flexibility index (Phi) is 2.92. The first-order valence-electron chi connectivity index (χ1n) is 5.98. The highest BCUT2D eigenvalue weighted by atomic mass is 32.1. The van der Waals surface area contributed by atoms with Crippen LogP contribution in [0.25, 0.3) is 0 Å². The predicted molar refractivity (Wildman–Crippen MR) is 68.7 cm³/mol. The van der Waals surface area contributed by atoms with Crippen molar-refractivity contribution >= 4 is 11.3 Å². The largest absolute Gasteiger partial charge is 0.320 e. The third-order valence-electron chi connectivity index (χ3n) is 3.39. The fourth-order valence-corrected chi connectivity index (χ4v) is 3.70. The first-order chi connectivity index (χ1) is 8.66. The molecule has 1 aromatic heterocycles. The quantitative estimate of drug-likeness (QED) is 0.882. The minimum absolute atomic E-state index is 0.231. The molecular formula is C14H13F2NS. The number of thiophene rings is 1. The first kappa shape index (κ1) is 11.8. The average Bonchev–Trinajstić information content (AvgIpc) is 2.92. The molecule has 1 unspecified atom stereocenters. The standard InChI is InChI=1S/C14H13F2NS/c15-10-5-2-4-9(13(10)16)14(17)12-7-8-3-1-6-11(8)18-12/h2,4-5,7,14H,1,3,6,17H2. The zero-order chi connectivity index (χ0) is 12.7. The summed E-state index contributed by atoms with van der Waals surface area (Å²) in [6, 6.07) is 5.63. The van der Waals surface area contributed by atoms with Crippen LogP contribution in [0, 0.1) is 11.6 Å². The third-order valence-corrected chi connectivity index (χ3v) is 4.71. The summed E-state index contributed by atoms with van der Waals surface area (Å²) in [6.45, 7) is 0. The molecule has 0 aliphatic heterocycles. The Balaban J connectivity index is 1.98. The molecule has 0 saturated heterocycles. The van der Waals surface area contributed by atoms with Crippen molar-refractivity contribution in [1.82, 2.24) is 0 Å². The molecule has 1 aliphatic carbocycles. The van der Waals surface area contributed by atoms with Gasteiger partial charge in [-0.1, -0.05) is 12.1 Å². The maximum atomic E-state index is 13.7. The molecular weight excluding hydrogens is 252 g/mol. The van der Waals surface area contributed by atoms with Crippen molar-refractivity contribution in [2.24, 2.45) is 5.73 Å². The van der Waals surface area contributed by atoms with Gasteiger partial charge >= 0.3 is 0 Å². The van der Waals surface area contributed by atoms with Crippen LogP contribution in [-0.2, 0) is 12.8 Å². The van der Waals surface area contributed by atoms with Gasteiger partial charge in [0.25, 0.3) is 0 Å². The van der Waals surface area contributed by atoms with Crippen LogP contribution in [0.3, 0.4) is 0 Å². The maximum Gasteiger partial charge on any atom is 0.163 e. The maximum absolute atomic E-state index is 13.7. The van der Waals surface area contributed by atoms with Crippen molar-refractivity contribution in [3.05, 3.63) is 56.8 Å². The third kappa shape index (κ3) is 1.85. The molecule has 2 N–H and O–H groups in total. The summed E-state index contributed by atoms with van der Waals surface area (Å²) in [4.78, 5) is 2.27. The Hall–Kier alpha value is -1.26. The van der Waals surface area contributed by atoms with Crippen LogP contribution in [0.5, 0.6) is 0 Å². The normalized spacial score (nSPS) is 15.7. The zero-order valence-corrected chi connectivity index (χ0v) is 10.6. The van der Waals surface area contributed by atoms with E-state index in [2.05, 4.69) is 0 Å². The Morgan fingerprint density at radius 1 is 1.22 bits per heavy atom. The molecule has 18 heavy (non-hydrogen) atoms. The van der Waals surface area contributed by atoms with E-state index in [9.17, 15) is 8.78 Å². The molecule has 1 atom stereocenters. The molecule has 94 valence electrons. The highest BCUT2D eigenvalue weighted by molar-refractivity contribution is 7.12. The van der Waals surface area contributed by atoms with E-state index < -0.39 is 17.7 Å². The second-order valence-electron chi connectivity index (χ2n) is 4.57. The summed E-state index contributed by atoms with van der Waals surface area (Å²) in [7, 11) is 0. The molecule has 4 heteroatoms. The van der Waals surface area contributed by atoms with Gasteiger partial charge in [0, 0.05) is 15.3 Å². The number of halogens is 2. The number of hydrogen-bond acceptors (Lipinski definition) is 2. The number of benzene rings is 1. The summed E-state index contributed by atoms with van der Waals surface area (Å²) in [5.41, 5.74) is 7.60. The van der Waals surface area contributed by atoms with E-state index in [1.54, 1.807) is 17.4 Å². The minimum Gasteiger partial charge on any atom is -0.320 e. The molecule has 1 heterocycles. The smallest absolute Gasteiger partial charge is 0.163 e. The van der Waals surface area contributed by atoms with Crippen LogP contribution >= 0.6 is 11.3 Å². The van der Waals surface area contributed by atoms with Crippen LogP contribution in [0.15, 0.2) is 24.3 Å². The summed E-state index contributed by atoms with van der Waals surface area (Å²) in [5.74, 6) is -1.68. The average molecular weight is 265 g/mol. The van der Waals surface area contributed by atoms with E-state index >= 15 is 0 Å². The van der Waals surface area contributed by atoms with E-state index in [-0.39, 0.29) is 5.56 Å². The van der Waals surface area contributed by atoms with Crippen molar-refractivity contribution in [1.29, 1.82) is 0 Å². The predicted octanol–water partition coefficient (Wildman–Crippen LogP) is 3.56. The van der Waals surface area contributed by atoms with Gasteiger partial charge in [-0.25, -0.2) is 8.78 Å². The molecule has 0 bridgehead atoms. The van der Waals surface area contributed by atoms with Crippen molar-refractivity contribution in [2.75, 3.05) is 0 Å². The van der Waals surface area contributed by atoms with Crippen LogP contribution in [0.1, 0.15) is 33.3 Å². The summed E-state index contributed by atoms with van der Waals surface area (Å²) in [6.07, 6.45) is 3.34. The molecule has 1 nitrogen and oxygen atoms in total. The minimum atomic E-state index is -0.841. The summed E-state index contributed by atoms with van der Waals surface area (Å²) >= 11 is 1.63. The molecule has 0 spiro atoms. The first-order valence-corrected chi connectivity index (χ1v) is 6.79. The van der Waals surface area contributed by atoms with Crippen molar-refractivity contribution in [2.45, 2.75) is 25.3 Å². The topological polar surface area (TPSA) is 26.0 Å². The van der Waals surface area contributed by atoms with E-state index in [0.29, 0.717) is 0 Å². The molecule has 1 aliphatic rings. The number of rotatable bonds is 2. The molecule has 0 fully saturated rings. The summed E-state index contributed by atoms with van der Waals surface area (Å²) in [5, 5.41) is 0. The second kappa shape index (κ2) is 4.44. The lowest BCUT2D eigenvalue weighted by Gasteiger charge is -2.11. The lowest BCUT2D eigenvalue weighted by Crippen LogP contribution is -2.13. The van der Waals surface area contributed by atoms with Gasteiger partial charge in [0.05, 0.1) is 6.04 Å². The van der Waals surface area contributed by atoms with E-state index in [4.69, 9.17) is 5.73 Å². The van der Waals surface area contributed by atoms with Gasteiger partial charge in [0.15, 0.2) is 11.6 Å². The van der Waals surface area contributed by atoms with Gasteiger partial charge in [-0.2, -0.15) is 0 Å². The highest BCUT2D eigenvalue weighted by Gasteiger charge is 2.21. The van der Waals surface area contributed by atoms with Gasteiger partial charge < -0.3 is 5.73 Å². The van der Waals surface area contributed by atoms with Gasteiger partial charge in [-0.15, -0.1) is 11.3 Å². The number of hydrogen-bond donors (Lipinski definition) is 1. The van der Waals surface area contributed by atoms with Crippen LogP contribution < -0.4 is 5.73 Å². The van der Waals surface area contributed by atoms with Crippen molar-refractivity contribution in [3.63, 3.8) is 0 Å². The zero-order valence-electron chi connectivity index (χ0n) is 9.75. The molecule has 2 aromatic rings. The van der Waals surface area contributed by atoms with Crippen LogP contribution in [-0.4, -0.2) is 0 Å². The van der Waals surface area contributed by atoms with Gasteiger partial charge in [0.2, 0.25) is 0 Å². The second-order valence-corrected chi connectivity index (χ2v) is 5.74. The highest BCUT2D eigenvalue weighted by Crippen LogP contribution is 2.35. The Labute approximate surface area is 108 Å². The molecule has 0 saturated carbocycles. The summed E-state index contributed by atoms with van der Waals surface area (Å²) < 4.78 is 26.9. The Morgan fingerprint density at radius 3 is 2.83 bits per heavy atom. The lowest BCUT2D eigenvalue weighted by atomic mass is 10.0. The van der Waals surface area contributed by atoms with E-state index in [1.165, 1.54) is 22.9 Å². The molecule has 0 amide bonds. The SMILES string of the molecule is NC(c1cc2c(s1)CCC2)c1cccc(F)c1F. The van der Waals surface area contributed by atoms with Crippen molar-refractivity contribution in [3.8, 4) is 0 Å². The molecule has 0 radical (unpaired) electrons. The fourth-order valence-electron chi connectivity index (χ4n) is 2.42. The van der Waals surface area contributed by atoms with E-state index in [0.717, 1.165) is 23.8 Å². The van der Waals surface area contributed by atoms with Crippen LogP contribution in [0.4, 0.5) is 8.78 Å². The monoisotopic (exact) mass is 265 g/mol. The number of fused-ring (bicyclic) bond motifs is 1. The molecule has 3 rings (SSSR count). The van der Waals surface area contributed by atoms with E-state index in [1.807, 2.05) is 6.07 Å².